The normalized spacial score (nSPS) is 7.29. The first kappa shape index (κ1) is 9.78. The lowest BCUT2D eigenvalue weighted by Gasteiger charge is -1.35. The van der Waals surface area contributed by atoms with Gasteiger partial charge in [0.25, 0.3) is 0 Å². The molecule has 46 valence electrons. The highest BCUT2D eigenvalue weighted by Gasteiger charge is 1.12. The molecule has 0 aliphatic carbocycles. The smallest absolute Gasteiger partial charge is 0.210 e. The van der Waals surface area contributed by atoms with Gasteiger partial charge in [0.15, 0.2) is 0 Å². The topological polar surface area (TPSA) is 36.2 Å². The van der Waals surface area contributed by atoms with Gasteiger partial charge in [0.2, 0.25) is 1.41 Å². The molecule has 0 spiro atoms. The van der Waals surface area contributed by atoms with E-state index in [0.29, 0.717) is 0 Å². The van der Waals surface area contributed by atoms with Gasteiger partial charge in [-0.15, -0.1) is 0 Å². The summed E-state index contributed by atoms with van der Waals surface area (Å²) in [5.74, 6) is 0. The van der Waals surface area contributed by atoms with Gasteiger partial charge in [0.05, 0.1) is 0 Å². The maximum atomic E-state index is 5.91. The Hall–Kier alpha value is -0.400. The first-order valence-corrected chi connectivity index (χ1v) is 2.65. The second-order valence-electron chi connectivity index (χ2n) is 0.200. The lowest BCUT2D eigenvalue weighted by atomic mass is 11.0. The molecule has 0 aromatic carbocycles. The summed E-state index contributed by atoms with van der Waals surface area (Å²) in [4.78, 5) is 0. The Labute approximate surface area is 47.9 Å². The van der Waals surface area contributed by atoms with Crippen LogP contribution in [-0.4, -0.2) is 7.05 Å². The van der Waals surface area contributed by atoms with Crippen molar-refractivity contribution in [2.45, 2.75) is 27.7 Å². The van der Waals surface area contributed by atoms with Crippen molar-refractivity contribution in [2.75, 3.05) is 7.05 Å². The third kappa shape index (κ3) is 454. The zero-order chi connectivity index (χ0) is 7.41. The molecule has 0 saturated heterocycles. The molecule has 0 aromatic rings. The number of hydrogen-bond acceptors (Lipinski definition) is 2. The van der Waals surface area contributed by atoms with Crippen LogP contribution in [0.25, 0.3) is 0 Å². The van der Waals surface area contributed by atoms with Crippen LogP contribution in [-0.2, 0) is 0 Å². The summed E-state index contributed by atoms with van der Waals surface area (Å²) in [6.45, 7) is 8.00. The van der Waals surface area contributed by atoms with Gasteiger partial charge in [-0.3, -0.25) is 0 Å². The fourth-order valence-electron chi connectivity index (χ4n) is 0. The summed E-state index contributed by atoms with van der Waals surface area (Å²) < 4.78 is 5.91. The third-order valence-electron chi connectivity index (χ3n) is 0. The van der Waals surface area contributed by atoms with Crippen molar-refractivity contribution >= 4 is 0 Å². The van der Waals surface area contributed by atoms with Gasteiger partial charge in [-0.1, -0.05) is 27.7 Å². The zero-order valence-corrected chi connectivity index (χ0v) is 5.89. The molecule has 0 amide bonds. The van der Waals surface area contributed by atoms with Gasteiger partial charge in [0, 0.05) is 7.05 Å². The highest BCUT2D eigenvalue weighted by Crippen LogP contribution is 1.28. The minimum absolute atomic E-state index is 1.45. The van der Waals surface area contributed by atoms with Crippen LogP contribution < -0.4 is 0 Å². The molecule has 0 radical (unpaired) electrons. The van der Waals surface area contributed by atoms with Crippen LogP contribution in [0.15, 0.2) is 5.11 Å². The zero-order valence-electron chi connectivity index (χ0n) is 6.89. The second kappa shape index (κ2) is 329. The molecule has 0 saturated carbocycles. The van der Waals surface area contributed by atoms with E-state index in [1.807, 2.05) is 27.7 Å². The van der Waals surface area contributed by atoms with E-state index in [1.54, 1.807) is 0 Å². The maximum absolute atomic E-state index is 5.91. The van der Waals surface area contributed by atoms with Crippen LogP contribution in [0, 0.1) is 5.52 Å². The van der Waals surface area contributed by atoms with Crippen LogP contribution in [0.4, 0.5) is 0 Å². The lowest BCUT2D eigenvalue weighted by molar-refractivity contribution is 1.09. The molecular weight excluding hydrogens is 88.1 g/mol. The fraction of sp³-hybridized carbons (Fsp3) is 1.00. The van der Waals surface area contributed by atoms with Gasteiger partial charge in [-0.25, -0.2) is 10.6 Å². The molecule has 0 aliphatic rings. The first-order valence-electron chi connectivity index (χ1n) is 3.09. The predicted molar refractivity (Wildman–Crippen MR) is 33.8 cm³/mol. The van der Waals surface area contributed by atoms with Gasteiger partial charge in [-0.05, 0) is 0 Å². The van der Waals surface area contributed by atoms with Crippen LogP contribution >= 0.6 is 0 Å². The summed E-state index contributed by atoms with van der Waals surface area (Å²) in [7, 11) is 1.45. The van der Waals surface area contributed by atoms with Crippen LogP contribution in [0.5, 0.6) is 0 Å². The van der Waals surface area contributed by atoms with E-state index in [1.165, 1.54) is 7.05 Å². The molecule has 0 fully saturated rings. The number of rotatable bonds is 0. The summed E-state index contributed by atoms with van der Waals surface area (Å²) in [6, 6.07) is 0. The van der Waals surface area contributed by atoms with E-state index in [4.69, 9.17) is 1.41 Å². The Morgan fingerprint density at radius 3 is 1.43 bits per heavy atom. The maximum Gasteiger partial charge on any atom is 0.213 e. The average Bonchev–Trinajstić information content (AvgIpc) is 1.96. The summed E-state index contributed by atoms with van der Waals surface area (Å²) in [5.41, 5.74) is 2.61. The van der Waals surface area contributed by atoms with Crippen molar-refractivity contribution in [1.29, 1.82) is 5.52 Å². The third-order valence-corrected chi connectivity index (χ3v) is 0. The molecule has 0 rings (SSSR count). The molecule has 1 N–H and O–H groups in total. The lowest BCUT2D eigenvalue weighted by Crippen LogP contribution is -1.20. The Morgan fingerprint density at radius 2 is 1.43 bits per heavy atom. The van der Waals surface area contributed by atoms with Crippen molar-refractivity contribution in [3.8, 4) is 0 Å². The van der Waals surface area contributed by atoms with Crippen molar-refractivity contribution < 1.29 is 1.41 Å². The average molecular weight is 105 g/mol. The molecule has 0 bridgehead atoms. The van der Waals surface area contributed by atoms with E-state index in [0.717, 1.165) is 0 Å². The van der Waals surface area contributed by atoms with E-state index in [9.17, 15) is 0 Å². The van der Waals surface area contributed by atoms with E-state index < -0.39 is 0 Å². The van der Waals surface area contributed by atoms with Crippen LogP contribution in [0.3, 0.4) is 0 Å². The number of hydrogen-bond donors (Lipinski definition) is 1. The van der Waals surface area contributed by atoms with E-state index in [-0.39, 0.29) is 0 Å². The molecule has 7 heavy (non-hydrogen) atoms. The Balaban J connectivity index is -0.0000000542. The van der Waals surface area contributed by atoms with Crippen LogP contribution in [0.1, 0.15) is 27.7 Å². The molecule has 2 nitrogen and oxygen atoms in total. The molecule has 0 atom stereocenters. The monoisotopic (exact) mass is 105 g/mol. The summed E-state index contributed by atoms with van der Waals surface area (Å²) in [6.07, 6.45) is 0. The Bertz CT molecular complexity index is 25.6. The number of nitrogens with zero attached hydrogens (tertiary/aromatic N) is 1. The van der Waals surface area contributed by atoms with Crippen molar-refractivity contribution in [3.63, 3.8) is 0 Å². The minimum Gasteiger partial charge on any atom is -0.210 e. The SMILES string of the molecule is CC.CC.[2H]N=NC. The molecule has 0 heterocycles. The first-order chi connectivity index (χ1) is 3.91. The van der Waals surface area contributed by atoms with Crippen molar-refractivity contribution in [3.05, 3.63) is 0 Å². The molecule has 2 heteroatoms. The fourth-order valence-corrected chi connectivity index (χ4v) is 0. The van der Waals surface area contributed by atoms with Crippen molar-refractivity contribution in [1.82, 2.24) is 0 Å². The Morgan fingerprint density at radius 1 is 1.29 bits per heavy atom. The van der Waals surface area contributed by atoms with Gasteiger partial charge < -0.3 is 0 Å². The quantitative estimate of drug-likeness (QED) is 0.460. The molecule has 0 aromatic heterocycles. The minimum atomic E-state index is 1.45. The highest BCUT2D eigenvalue weighted by molar-refractivity contribution is 3.72. The molecule has 0 aliphatic heterocycles. The summed E-state index contributed by atoms with van der Waals surface area (Å²) >= 11 is 0. The summed E-state index contributed by atoms with van der Waals surface area (Å²) in [5, 5.41) is 3.03. The highest BCUT2D eigenvalue weighted by atomic mass is 14.9. The number of nitrogens with one attached hydrogen (secondary N) is 1. The van der Waals surface area contributed by atoms with Crippen LogP contribution in [0.2, 0.25) is 1.41 Å². The van der Waals surface area contributed by atoms with Crippen molar-refractivity contribution in [2.24, 2.45) is 5.11 Å². The molecular formula is C5H16N2. The van der Waals surface area contributed by atoms with Gasteiger partial charge in [0.1, 0.15) is 0 Å². The molecule has 0 unspecified atom stereocenters. The standard InChI is InChI=1S/2C2H6.CH4N2/c2*1-2;1-3-2/h2*1-2H3;2H,1H3/i/hD. The second-order valence-corrected chi connectivity index (χ2v) is 0.200. The van der Waals surface area contributed by atoms with Gasteiger partial charge >= 0.3 is 0 Å². The van der Waals surface area contributed by atoms with E-state index in [2.05, 4.69) is 10.6 Å². The predicted octanol–water partition coefficient (Wildman–Crippen LogP) is 2.70. The Kier molecular flexibility index (Phi) is 460. The largest absolute Gasteiger partial charge is 0.213 e. The van der Waals surface area contributed by atoms with E-state index >= 15 is 0 Å². The van der Waals surface area contributed by atoms with Gasteiger partial charge in [-0.2, -0.15) is 0 Å².